The van der Waals surface area contributed by atoms with Gasteiger partial charge in [-0.2, -0.15) is 5.10 Å². The predicted octanol–water partition coefficient (Wildman–Crippen LogP) is 3.24. The number of carbonyl (C=O) groups excluding carboxylic acids is 2. The molecule has 4 aromatic rings. The molecule has 4 atom stereocenters. The molecule has 0 radical (unpaired) electrons. The van der Waals surface area contributed by atoms with E-state index in [-0.39, 0.29) is 23.8 Å². The smallest absolute Gasteiger partial charge is 0.254 e. The number of aryl methyl sites for hydroxylation is 1. The quantitative estimate of drug-likeness (QED) is 0.229. The maximum absolute atomic E-state index is 13.3. The van der Waals surface area contributed by atoms with E-state index in [0.717, 1.165) is 77.0 Å². The molecule has 3 aliphatic rings. The van der Waals surface area contributed by atoms with Crippen LogP contribution in [0.15, 0.2) is 55.0 Å². The van der Waals surface area contributed by atoms with Crippen LogP contribution < -0.4 is 30.7 Å². The first kappa shape index (κ1) is 29.6. The van der Waals surface area contributed by atoms with Crippen molar-refractivity contribution in [3.8, 4) is 11.5 Å². The van der Waals surface area contributed by atoms with Gasteiger partial charge in [0.1, 0.15) is 23.1 Å². The number of aromatic nitrogens is 4. The van der Waals surface area contributed by atoms with Crippen molar-refractivity contribution in [1.82, 2.24) is 25.1 Å². The molecule has 12 nitrogen and oxygen atoms in total. The Morgan fingerprint density at radius 3 is 2.61 bits per heavy atom. The first-order chi connectivity index (χ1) is 22.3. The van der Waals surface area contributed by atoms with Crippen LogP contribution in [-0.4, -0.2) is 58.9 Å². The van der Waals surface area contributed by atoms with Crippen LogP contribution in [0, 0.1) is 24.7 Å². The number of piperidine rings is 1. The van der Waals surface area contributed by atoms with Crippen molar-refractivity contribution in [2.75, 3.05) is 37.5 Å². The van der Waals surface area contributed by atoms with Crippen molar-refractivity contribution in [3.05, 3.63) is 88.5 Å². The second kappa shape index (κ2) is 12.0. The highest BCUT2D eigenvalue weighted by Crippen LogP contribution is 2.52. The Morgan fingerprint density at radius 2 is 1.87 bits per heavy atom. The van der Waals surface area contributed by atoms with Crippen molar-refractivity contribution >= 4 is 23.5 Å². The second-order valence-electron chi connectivity index (χ2n) is 12.3. The van der Waals surface area contributed by atoms with Gasteiger partial charge in [0, 0.05) is 55.3 Å². The molecule has 0 spiro atoms. The lowest BCUT2D eigenvalue weighted by molar-refractivity contribution is -0.119. The number of anilines is 2. The molecule has 238 valence electrons. The summed E-state index contributed by atoms with van der Waals surface area (Å²) in [6.07, 6.45) is 6.76. The molecule has 1 saturated heterocycles. The van der Waals surface area contributed by atoms with E-state index in [0.29, 0.717) is 30.5 Å². The third-order valence-electron chi connectivity index (χ3n) is 9.65. The molecule has 46 heavy (non-hydrogen) atoms. The minimum atomic E-state index is -0.184. The normalized spacial score (nSPS) is 21.0. The molecule has 0 bridgehead atoms. The number of fused-ring (bicyclic) bond motifs is 2. The predicted molar refractivity (Wildman–Crippen MR) is 172 cm³/mol. The number of pyridine rings is 2. The number of hydrogen-bond donors (Lipinski definition) is 3. The van der Waals surface area contributed by atoms with Gasteiger partial charge in [-0.15, -0.1) is 0 Å². The lowest BCUT2D eigenvalue weighted by atomic mass is 10.1. The van der Waals surface area contributed by atoms with Crippen molar-refractivity contribution < 1.29 is 19.1 Å². The van der Waals surface area contributed by atoms with Gasteiger partial charge in [0.2, 0.25) is 5.91 Å². The number of carbonyl (C=O) groups is 2. The first-order valence-corrected chi connectivity index (χ1v) is 15.6. The van der Waals surface area contributed by atoms with Gasteiger partial charge in [-0.1, -0.05) is 6.07 Å². The standard InChI is InChI=1S/C34H38N8O4/c1-19-21(5-9-30(39-19)41-17-26-27(18-41)31(26)32(35)43)15-42-16-22(14-38-42)34(44)40-28-8-7-25-24(28)10-11-36-33(25)37-13-20-4-6-23(45-2)12-29(20)46-3/h4-6,9-12,14,16,26-28,31H,7-8,13,15,17-18H2,1-3H3,(H2,35,43)(H,36,37)(H,40,44)/t26-,27+,28-,31?/m1/s1. The van der Waals surface area contributed by atoms with E-state index in [1.165, 1.54) is 0 Å². The van der Waals surface area contributed by atoms with E-state index >= 15 is 0 Å². The van der Waals surface area contributed by atoms with Crippen LogP contribution in [0.5, 0.6) is 11.5 Å². The topological polar surface area (TPSA) is 150 Å². The summed E-state index contributed by atoms with van der Waals surface area (Å²) in [5.41, 5.74) is 11.1. The molecule has 1 aromatic carbocycles. The molecule has 7 rings (SSSR count). The van der Waals surface area contributed by atoms with Crippen molar-refractivity contribution in [2.24, 2.45) is 23.5 Å². The van der Waals surface area contributed by atoms with Gasteiger partial charge < -0.3 is 30.7 Å². The molecule has 1 saturated carbocycles. The fourth-order valence-electron chi connectivity index (χ4n) is 7.06. The highest BCUT2D eigenvalue weighted by molar-refractivity contribution is 5.94. The van der Waals surface area contributed by atoms with Crippen LogP contribution in [-0.2, 0) is 24.3 Å². The lowest BCUT2D eigenvalue weighted by Gasteiger charge is -2.21. The Morgan fingerprint density at radius 1 is 1.07 bits per heavy atom. The number of benzene rings is 1. The molecule has 2 aliphatic carbocycles. The first-order valence-electron chi connectivity index (χ1n) is 15.6. The number of amides is 2. The number of nitrogens with one attached hydrogen (secondary N) is 2. The molecule has 3 aromatic heterocycles. The molecular weight excluding hydrogens is 584 g/mol. The summed E-state index contributed by atoms with van der Waals surface area (Å²) in [5, 5.41) is 11.1. The van der Waals surface area contributed by atoms with E-state index < -0.39 is 0 Å². The van der Waals surface area contributed by atoms with Gasteiger partial charge in [0.25, 0.3) is 5.91 Å². The largest absolute Gasteiger partial charge is 0.497 e. The third-order valence-corrected chi connectivity index (χ3v) is 9.65. The second-order valence-corrected chi connectivity index (χ2v) is 12.3. The number of primary amides is 1. The van der Waals surface area contributed by atoms with E-state index in [2.05, 4.69) is 31.7 Å². The number of nitrogens with two attached hydrogens (primary N) is 1. The van der Waals surface area contributed by atoms with Gasteiger partial charge in [-0.05, 0) is 72.6 Å². The number of methoxy groups -OCH3 is 2. The molecule has 1 unspecified atom stereocenters. The van der Waals surface area contributed by atoms with E-state index in [9.17, 15) is 9.59 Å². The Bertz CT molecular complexity index is 1790. The van der Waals surface area contributed by atoms with Crippen LogP contribution in [0.3, 0.4) is 0 Å². The Labute approximate surface area is 267 Å². The van der Waals surface area contributed by atoms with Crippen LogP contribution in [0.4, 0.5) is 11.6 Å². The highest BCUT2D eigenvalue weighted by Gasteiger charge is 2.58. The molecular formula is C34H38N8O4. The zero-order valence-corrected chi connectivity index (χ0v) is 26.2. The van der Waals surface area contributed by atoms with E-state index in [1.807, 2.05) is 37.3 Å². The van der Waals surface area contributed by atoms with E-state index in [1.54, 1.807) is 37.5 Å². The summed E-state index contributed by atoms with van der Waals surface area (Å²) < 4.78 is 12.6. The minimum absolute atomic E-state index is 0.0264. The summed E-state index contributed by atoms with van der Waals surface area (Å²) in [6, 6.07) is 11.7. The highest BCUT2D eigenvalue weighted by atomic mass is 16.5. The SMILES string of the molecule is COc1ccc(CNc2nccc3c2CC[C@H]3NC(=O)c2cnn(Cc3ccc(N4C[C@@H]5C(C(N)=O)[C@@H]5C4)nc3C)c2)c(OC)c1. The molecule has 12 heteroatoms. The van der Waals surface area contributed by atoms with Crippen LogP contribution in [0.25, 0.3) is 0 Å². The molecule has 2 fully saturated rings. The number of nitrogens with zero attached hydrogens (tertiary/aromatic N) is 5. The zero-order chi connectivity index (χ0) is 31.9. The van der Waals surface area contributed by atoms with Gasteiger partial charge in [0.05, 0.1) is 38.6 Å². The number of hydrogen-bond acceptors (Lipinski definition) is 9. The summed E-state index contributed by atoms with van der Waals surface area (Å²) in [5.74, 6) is 3.61. The van der Waals surface area contributed by atoms with Crippen molar-refractivity contribution in [1.29, 1.82) is 0 Å². The van der Waals surface area contributed by atoms with Crippen LogP contribution >= 0.6 is 0 Å². The third kappa shape index (κ3) is 5.59. The Kier molecular flexibility index (Phi) is 7.71. The summed E-state index contributed by atoms with van der Waals surface area (Å²) >= 11 is 0. The molecule has 2 amide bonds. The zero-order valence-electron chi connectivity index (χ0n) is 26.2. The summed E-state index contributed by atoms with van der Waals surface area (Å²) in [7, 11) is 3.27. The van der Waals surface area contributed by atoms with Gasteiger partial charge >= 0.3 is 0 Å². The van der Waals surface area contributed by atoms with Gasteiger partial charge in [-0.25, -0.2) is 9.97 Å². The maximum atomic E-state index is 13.3. The average molecular weight is 623 g/mol. The summed E-state index contributed by atoms with van der Waals surface area (Å²) in [6.45, 7) is 4.68. The van der Waals surface area contributed by atoms with Crippen molar-refractivity contribution in [3.63, 3.8) is 0 Å². The minimum Gasteiger partial charge on any atom is -0.497 e. The number of rotatable bonds is 11. The number of ether oxygens (including phenoxy) is 2. The van der Waals surface area contributed by atoms with Crippen LogP contribution in [0.1, 0.15) is 50.8 Å². The fourth-order valence-corrected chi connectivity index (χ4v) is 7.06. The Balaban J connectivity index is 0.961. The fraction of sp³-hybridized carbons (Fsp3) is 0.382. The maximum Gasteiger partial charge on any atom is 0.254 e. The molecule has 4 heterocycles. The molecule has 4 N–H and O–H groups in total. The molecule has 1 aliphatic heterocycles. The van der Waals surface area contributed by atoms with Crippen LogP contribution in [0.2, 0.25) is 0 Å². The monoisotopic (exact) mass is 622 g/mol. The van der Waals surface area contributed by atoms with E-state index in [4.69, 9.17) is 20.2 Å². The Hall–Kier alpha value is -5.13. The summed E-state index contributed by atoms with van der Waals surface area (Å²) in [4.78, 5) is 36.5. The average Bonchev–Trinajstić information content (AvgIpc) is 3.45. The van der Waals surface area contributed by atoms with Gasteiger partial charge in [0.15, 0.2) is 0 Å². The lowest BCUT2D eigenvalue weighted by Crippen LogP contribution is -2.29. The van der Waals surface area contributed by atoms with Gasteiger partial charge in [-0.3, -0.25) is 14.3 Å². The van der Waals surface area contributed by atoms with Crippen molar-refractivity contribution in [2.45, 2.75) is 38.9 Å².